The fourth-order valence-electron chi connectivity index (χ4n) is 1.48. The van der Waals surface area contributed by atoms with Gasteiger partial charge in [0.25, 0.3) is 5.15 Å². The van der Waals surface area contributed by atoms with Crippen LogP contribution < -0.4 is 4.90 Å². The number of imidazole rings is 1. The predicted octanol–water partition coefficient (Wildman–Crippen LogP) is 2.27. The molecule has 1 aromatic rings. The lowest BCUT2D eigenvalue weighted by Crippen LogP contribution is -2.29. The molecule has 1 heterocycles. The standard InChI is InChI=1S/C8H11Cl3N4O2/c1-13-7(14(4-2-9)5-3-10)6(11)12-8(13)15(16)17/h2-5H2,1H3. The van der Waals surface area contributed by atoms with Crippen LogP contribution in [0, 0.1) is 10.1 Å². The Balaban J connectivity index is 3.13. The molecule has 0 N–H and O–H groups in total. The number of anilines is 1. The number of nitrogens with zero attached hydrogens (tertiary/aromatic N) is 4. The average Bonchev–Trinajstić information content (AvgIpc) is 2.54. The largest absolute Gasteiger partial charge is 0.437 e. The minimum atomic E-state index is -0.588. The second-order valence-corrected chi connectivity index (χ2v) is 4.32. The normalized spacial score (nSPS) is 10.6. The zero-order valence-electron chi connectivity index (χ0n) is 9.07. The average molecular weight is 302 g/mol. The summed E-state index contributed by atoms with van der Waals surface area (Å²) in [6.45, 7) is 0.982. The van der Waals surface area contributed by atoms with Crippen LogP contribution in [0.3, 0.4) is 0 Å². The van der Waals surface area contributed by atoms with Gasteiger partial charge < -0.3 is 15.0 Å². The Morgan fingerprint density at radius 3 is 2.29 bits per heavy atom. The Labute approximate surface area is 113 Å². The highest BCUT2D eigenvalue weighted by atomic mass is 35.5. The quantitative estimate of drug-likeness (QED) is 0.459. The molecule has 0 unspecified atom stereocenters. The van der Waals surface area contributed by atoms with E-state index in [2.05, 4.69) is 4.98 Å². The van der Waals surface area contributed by atoms with Gasteiger partial charge in [-0.05, 0) is 16.5 Å². The van der Waals surface area contributed by atoms with Gasteiger partial charge in [-0.25, -0.2) is 4.57 Å². The molecule has 0 fully saturated rings. The third kappa shape index (κ3) is 3.14. The van der Waals surface area contributed by atoms with Crippen LogP contribution in [0.15, 0.2) is 0 Å². The van der Waals surface area contributed by atoms with E-state index in [1.54, 1.807) is 4.90 Å². The number of nitro groups is 1. The van der Waals surface area contributed by atoms with E-state index in [4.69, 9.17) is 34.8 Å². The van der Waals surface area contributed by atoms with E-state index in [-0.39, 0.29) is 11.1 Å². The number of hydrogen-bond acceptors (Lipinski definition) is 4. The second kappa shape index (κ2) is 6.28. The van der Waals surface area contributed by atoms with Crippen LogP contribution in [-0.4, -0.2) is 39.3 Å². The van der Waals surface area contributed by atoms with E-state index >= 15 is 0 Å². The molecule has 0 aliphatic rings. The first-order chi connectivity index (χ1) is 8.02. The van der Waals surface area contributed by atoms with Gasteiger partial charge in [-0.1, -0.05) is 4.98 Å². The third-order valence-corrected chi connectivity index (χ3v) is 2.76. The summed E-state index contributed by atoms with van der Waals surface area (Å²) < 4.78 is 1.32. The number of hydrogen-bond donors (Lipinski definition) is 0. The van der Waals surface area contributed by atoms with E-state index in [0.717, 1.165) is 0 Å². The molecule has 6 nitrogen and oxygen atoms in total. The van der Waals surface area contributed by atoms with Crippen molar-refractivity contribution in [2.24, 2.45) is 7.05 Å². The molecular weight excluding hydrogens is 290 g/mol. The van der Waals surface area contributed by atoms with Crippen molar-refractivity contribution < 1.29 is 4.92 Å². The summed E-state index contributed by atoms with van der Waals surface area (Å²) in [5, 5.41) is 10.8. The maximum Gasteiger partial charge on any atom is 0.437 e. The predicted molar refractivity (Wildman–Crippen MR) is 68.5 cm³/mol. The Morgan fingerprint density at radius 1 is 1.41 bits per heavy atom. The monoisotopic (exact) mass is 300 g/mol. The summed E-state index contributed by atoms with van der Waals surface area (Å²) in [6.07, 6.45) is 0. The molecular formula is C8H11Cl3N4O2. The van der Waals surface area contributed by atoms with Gasteiger partial charge in [0.15, 0.2) is 0 Å². The molecule has 96 valence electrons. The van der Waals surface area contributed by atoms with Crippen LogP contribution in [0.2, 0.25) is 5.15 Å². The minimum Gasteiger partial charge on any atom is -0.390 e. The lowest BCUT2D eigenvalue weighted by molar-refractivity contribution is -0.396. The van der Waals surface area contributed by atoms with Crippen LogP contribution in [0.1, 0.15) is 0 Å². The van der Waals surface area contributed by atoms with Gasteiger partial charge in [0.2, 0.25) is 5.82 Å². The van der Waals surface area contributed by atoms with Crippen molar-refractivity contribution in [2.75, 3.05) is 29.7 Å². The second-order valence-electron chi connectivity index (χ2n) is 3.21. The Bertz CT molecular complexity index is 404. The van der Waals surface area contributed by atoms with Gasteiger partial charge in [0.1, 0.15) is 0 Å². The summed E-state index contributed by atoms with van der Waals surface area (Å²) in [7, 11) is 1.53. The molecule has 9 heteroatoms. The highest BCUT2D eigenvalue weighted by Crippen LogP contribution is 2.29. The Kier molecular flexibility index (Phi) is 5.30. The van der Waals surface area contributed by atoms with Crippen molar-refractivity contribution in [3.05, 3.63) is 15.3 Å². The van der Waals surface area contributed by atoms with Gasteiger partial charge in [-0.3, -0.25) is 0 Å². The number of aromatic nitrogens is 2. The molecule has 0 saturated heterocycles. The van der Waals surface area contributed by atoms with Crippen molar-refractivity contribution >= 4 is 46.6 Å². The minimum absolute atomic E-state index is 0.0782. The van der Waals surface area contributed by atoms with Crippen LogP contribution in [0.25, 0.3) is 0 Å². The van der Waals surface area contributed by atoms with Gasteiger partial charge >= 0.3 is 5.95 Å². The molecule has 0 aromatic carbocycles. The maximum absolute atomic E-state index is 10.7. The van der Waals surface area contributed by atoms with Crippen LogP contribution in [0.4, 0.5) is 11.8 Å². The zero-order valence-corrected chi connectivity index (χ0v) is 11.3. The summed E-state index contributed by atoms with van der Waals surface area (Å²) in [6, 6.07) is 0. The Hall–Kier alpha value is -0.720. The first-order valence-corrected chi connectivity index (χ1v) is 6.21. The molecule has 0 radical (unpaired) electrons. The van der Waals surface area contributed by atoms with E-state index < -0.39 is 4.92 Å². The van der Waals surface area contributed by atoms with Crippen molar-refractivity contribution in [2.45, 2.75) is 0 Å². The molecule has 0 aliphatic heterocycles. The number of halogens is 3. The van der Waals surface area contributed by atoms with E-state index in [1.807, 2.05) is 0 Å². The molecule has 0 bridgehead atoms. The van der Waals surface area contributed by atoms with Gasteiger partial charge in [0, 0.05) is 24.8 Å². The number of rotatable bonds is 6. The van der Waals surface area contributed by atoms with Crippen molar-refractivity contribution in [1.29, 1.82) is 0 Å². The first-order valence-electron chi connectivity index (χ1n) is 4.76. The van der Waals surface area contributed by atoms with Crippen molar-refractivity contribution in [1.82, 2.24) is 9.55 Å². The van der Waals surface area contributed by atoms with Crippen LogP contribution in [0.5, 0.6) is 0 Å². The fraction of sp³-hybridized carbons (Fsp3) is 0.625. The van der Waals surface area contributed by atoms with Gasteiger partial charge in [0.05, 0.1) is 7.05 Å². The molecule has 0 saturated carbocycles. The molecule has 0 atom stereocenters. The summed E-state index contributed by atoms with van der Waals surface area (Å²) in [4.78, 5) is 15.6. The summed E-state index contributed by atoms with van der Waals surface area (Å²) in [5.41, 5.74) is 0. The SMILES string of the molecule is Cn1c([N+](=O)[O-])nc(Cl)c1N(CCCl)CCCl. The summed E-state index contributed by atoms with van der Waals surface area (Å²) >= 11 is 17.2. The Morgan fingerprint density at radius 2 is 1.94 bits per heavy atom. The molecule has 1 rings (SSSR count). The molecule has 0 aliphatic carbocycles. The third-order valence-electron chi connectivity index (χ3n) is 2.17. The summed E-state index contributed by atoms with van der Waals surface area (Å²) in [5.74, 6) is 0.886. The van der Waals surface area contributed by atoms with Gasteiger partial charge in [-0.15, -0.1) is 23.2 Å². The topological polar surface area (TPSA) is 64.2 Å². The molecule has 1 aromatic heterocycles. The van der Waals surface area contributed by atoms with Crippen molar-refractivity contribution in [3.63, 3.8) is 0 Å². The highest BCUT2D eigenvalue weighted by Gasteiger charge is 2.27. The molecule has 17 heavy (non-hydrogen) atoms. The molecule has 0 spiro atoms. The van der Waals surface area contributed by atoms with E-state index in [0.29, 0.717) is 30.7 Å². The number of alkyl halides is 2. The lowest BCUT2D eigenvalue weighted by Gasteiger charge is -2.20. The first kappa shape index (κ1) is 14.3. The highest BCUT2D eigenvalue weighted by molar-refractivity contribution is 6.32. The van der Waals surface area contributed by atoms with Crippen LogP contribution >= 0.6 is 34.8 Å². The van der Waals surface area contributed by atoms with Crippen molar-refractivity contribution in [3.8, 4) is 0 Å². The molecule has 0 amide bonds. The van der Waals surface area contributed by atoms with E-state index in [1.165, 1.54) is 11.6 Å². The maximum atomic E-state index is 10.7. The van der Waals surface area contributed by atoms with Crippen LogP contribution in [-0.2, 0) is 7.05 Å². The lowest BCUT2D eigenvalue weighted by atomic mass is 10.5. The smallest absolute Gasteiger partial charge is 0.390 e. The fourth-order valence-corrected chi connectivity index (χ4v) is 2.21. The zero-order chi connectivity index (χ0) is 13.0. The van der Waals surface area contributed by atoms with Gasteiger partial charge in [-0.2, -0.15) is 0 Å². The van der Waals surface area contributed by atoms with E-state index in [9.17, 15) is 10.1 Å².